The molecular weight excluding hydrogens is 605 g/mol. The molecule has 0 fully saturated rings. The number of thioether (sulfide) groups is 1. The van der Waals surface area contributed by atoms with Crippen LogP contribution in [-0.4, -0.2) is 54.5 Å². The van der Waals surface area contributed by atoms with Gasteiger partial charge in [0.1, 0.15) is 6.17 Å². The molecule has 2 aliphatic rings. The Hall–Kier alpha value is -3.72. The Morgan fingerprint density at radius 3 is 2.56 bits per heavy atom. The molecule has 4 rings (SSSR count). The second-order valence-corrected chi connectivity index (χ2v) is 12.3. The number of aliphatic hydroxyl groups is 1. The molecule has 3 atom stereocenters. The number of aliphatic imine (C=N–C) groups is 1. The number of urea groups is 1. The van der Waals surface area contributed by atoms with E-state index in [4.69, 9.17) is 17.2 Å². The van der Waals surface area contributed by atoms with Crippen LogP contribution in [0, 0.1) is 0 Å². The molecule has 10 N–H and O–H groups in total. The number of nitrogens with zero attached hydrogens (tertiary/aromatic N) is 2. The molecule has 244 valence electrons. The van der Waals surface area contributed by atoms with Crippen LogP contribution in [0.15, 0.2) is 70.2 Å². The number of carbonyl (C=O) groups excluding carboxylic acids is 1. The molecular formula is C31H41F3N8O2S. The third-order valence-corrected chi connectivity index (χ3v) is 8.06. The first kappa shape index (κ1) is 34.2. The van der Waals surface area contributed by atoms with Gasteiger partial charge in [-0.2, -0.15) is 13.2 Å². The van der Waals surface area contributed by atoms with Gasteiger partial charge >= 0.3 is 11.5 Å². The number of fused-ring (bicyclic) bond motifs is 1. The van der Waals surface area contributed by atoms with Gasteiger partial charge in [0, 0.05) is 47.6 Å². The maximum Gasteiger partial charge on any atom is 0.446 e. The summed E-state index contributed by atoms with van der Waals surface area (Å²) < 4.78 is 39.8. The van der Waals surface area contributed by atoms with Crippen molar-refractivity contribution in [3.8, 4) is 0 Å². The normalized spacial score (nSPS) is 17.5. The van der Waals surface area contributed by atoms with E-state index in [0.29, 0.717) is 42.9 Å². The highest BCUT2D eigenvalue weighted by atomic mass is 32.2. The second-order valence-electron chi connectivity index (χ2n) is 11.1. The van der Waals surface area contributed by atoms with Gasteiger partial charge in [-0.1, -0.05) is 12.1 Å². The van der Waals surface area contributed by atoms with Gasteiger partial charge in [-0.25, -0.2) is 4.79 Å². The van der Waals surface area contributed by atoms with Crippen LogP contribution in [-0.2, 0) is 6.42 Å². The van der Waals surface area contributed by atoms with Crippen LogP contribution in [0.5, 0.6) is 0 Å². The Labute approximate surface area is 265 Å². The third kappa shape index (κ3) is 10.1. The summed E-state index contributed by atoms with van der Waals surface area (Å²) in [5, 5.41) is 19.1. The Balaban J connectivity index is 1.51. The van der Waals surface area contributed by atoms with Crippen LogP contribution >= 0.6 is 11.8 Å². The van der Waals surface area contributed by atoms with Gasteiger partial charge in [0.05, 0.1) is 5.69 Å². The molecule has 0 radical (unpaired) electrons. The quantitative estimate of drug-likeness (QED) is 0.0659. The fourth-order valence-corrected chi connectivity index (χ4v) is 5.91. The number of anilines is 1. The van der Waals surface area contributed by atoms with Crippen molar-refractivity contribution in [3.63, 3.8) is 0 Å². The van der Waals surface area contributed by atoms with Gasteiger partial charge in [0.25, 0.3) is 0 Å². The van der Waals surface area contributed by atoms with Gasteiger partial charge in [-0.05, 0) is 110 Å². The van der Waals surface area contributed by atoms with Crippen molar-refractivity contribution in [1.29, 1.82) is 0 Å². The molecule has 2 aromatic carbocycles. The lowest BCUT2D eigenvalue weighted by Gasteiger charge is -2.29. The molecule has 0 saturated heterocycles. The van der Waals surface area contributed by atoms with Crippen LogP contribution in [0.3, 0.4) is 0 Å². The number of guanidine groups is 1. The fourth-order valence-electron chi connectivity index (χ4n) is 5.25. The average Bonchev–Trinajstić information content (AvgIpc) is 3.38. The topological polar surface area (TPSA) is 167 Å². The van der Waals surface area contributed by atoms with E-state index in [2.05, 4.69) is 20.9 Å². The molecule has 14 heteroatoms. The summed E-state index contributed by atoms with van der Waals surface area (Å²) in [6.45, 7) is 3.06. The van der Waals surface area contributed by atoms with Crippen LogP contribution in [0.25, 0.3) is 5.70 Å². The largest absolute Gasteiger partial charge is 0.446 e. The average molecular weight is 647 g/mol. The zero-order valence-corrected chi connectivity index (χ0v) is 25.9. The highest BCUT2D eigenvalue weighted by molar-refractivity contribution is 8.00. The SMILES string of the molecule is C[C@H](N)CCCc1cc(SC(F)(F)F)cc(C2=CC3=CN(c4ccc([C@@H](CCO)NCCCN=C(N)N)cc4)C(=O)NC3N2)c1. The number of benzene rings is 2. The van der Waals surface area contributed by atoms with E-state index < -0.39 is 11.7 Å². The molecule has 2 aliphatic heterocycles. The highest BCUT2D eigenvalue weighted by Gasteiger charge is 2.33. The van der Waals surface area contributed by atoms with Gasteiger partial charge in [-0.15, -0.1) is 0 Å². The predicted octanol–water partition coefficient (Wildman–Crippen LogP) is 4.03. The minimum atomic E-state index is -4.41. The molecule has 1 unspecified atom stereocenters. The van der Waals surface area contributed by atoms with Crippen molar-refractivity contribution < 1.29 is 23.1 Å². The molecule has 0 aliphatic carbocycles. The number of alkyl halides is 3. The Morgan fingerprint density at radius 1 is 1.13 bits per heavy atom. The van der Waals surface area contributed by atoms with Crippen LogP contribution in [0.2, 0.25) is 0 Å². The first-order valence-electron chi connectivity index (χ1n) is 14.9. The number of halogens is 3. The van der Waals surface area contributed by atoms with Gasteiger partial charge in [-0.3, -0.25) is 9.89 Å². The summed E-state index contributed by atoms with van der Waals surface area (Å²) >= 11 is -0.140. The Bertz CT molecular complexity index is 1410. The van der Waals surface area contributed by atoms with Crippen molar-refractivity contribution in [2.24, 2.45) is 22.2 Å². The molecule has 45 heavy (non-hydrogen) atoms. The molecule has 2 aromatic rings. The lowest BCUT2D eigenvalue weighted by atomic mass is 10.0. The molecule has 0 bridgehead atoms. The number of nitrogens with one attached hydrogen (secondary N) is 3. The summed E-state index contributed by atoms with van der Waals surface area (Å²) in [6.07, 6.45) is 6.43. The summed E-state index contributed by atoms with van der Waals surface area (Å²) in [6, 6.07) is 12.0. The molecule has 10 nitrogen and oxygen atoms in total. The third-order valence-electron chi connectivity index (χ3n) is 7.36. The lowest BCUT2D eigenvalue weighted by molar-refractivity contribution is -0.0328. The van der Waals surface area contributed by atoms with E-state index >= 15 is 0 Å². The van der Waals surface area contributed by atoms with Crippen LogP contribution < -0.4 is 38.1 Å². The number of nitrogens with two attached hydrogens (primary N) is 3. The van der Waals surface area contributed by atoms with E-state index in [1.54, 1.807) is 12.3 Å². The first-order chi connectivity index (χ1) is 21.4. The molecule has 0 spiro atoms. The van der Waals surface area contributed by atoms with Gasteiger partial charge in [0.2, 0.25) is 0 Å². The molecule has 2 heterocycles. The van der Waals surface area contributed by atoms with Crippen molar-refractivity contribution in [2.75, 3.05) is 24.6 Å². The lowest BCUT2D eigenvalue weighted by Crippen LogP contribution is -2.51. The minimum absolute atomic E-state index is 0.00318. The standard InChI is InChI=1S/C31H41F3N8O2S/c1-19(35)4-2-5-20-14-22(16-25(15-20)45-31(32,33)34)27-17-23-18-42(30(44)41-28(23)40-27)24-8-6-21(7-9-24)26(10-13-43)38-11-3-12-39-29(36)37/h6-9,14-19,26,28,38,40,43H,2-5,10-13,35H2,1H3,(H,41,44)(H4,36,37,39)/t19-,26+,28?/m0/s1. The van der Waals surface area contributed by atoms with E-state index in [1.807, 2.05) is 43.3 Å². The van der Waals surface area contributed by atoms with Crippen molar-refractivity contribution in [1.82, 2.24) is 16.0 Å². The monoisotopic (exact) mass is 646 g/mol. The van der Waals surface area contributed by atoms with Gasteiger partial charge in [0.15, 0.2) is 5.96 Å². The summed E-state index contributed by atoms with van der Waals surface area (Å²) in [4.78, 5) is 18.7. The number of aliphatic hydroxyl groups excluding tert-OH is 1. The molecule has 2 amide bonds. The number of hydrogen-bond acceptors (Lipinski definition) is 7. The van der Waals surface area contributed by atoms with E-state index in [0.717, 1.165) is 36.0 Å². The van der Waals surface area contributed by atoms with Crippen LogP contribution in [0.4, 0.5) is 23.7 Å². The van der Waals surface area contributed by atoms with Gasteiger partial charge < -0.3 is 38.3 Å². The fraction of sp³-hybridized carbons (Fsp3) is 0.419. The highest BCUT2D eigenvalue weighted by Crippen LogP contribution is 2.39. The van der Waals surface area contributed by atoms with Crippen molar-refractivity contribution in [3.05, 3.63) is 77.0 Å². The Kier molecular flexibility index (Phi) is 11.8. The van der Waals surface area contributed by atoms with E-state index in [1.165, 1.54) is 11.0 Å². The van der Waals surface area contributed by atoms with E-state index in [-0.39, 0.29) is 47.3 Å². The smallest absolute Gasteiger partial charge is 0.396 e. The van der Waals surface area contributed by atoms with E-state index in [9.17, 15) is 23.1 Å². The number of aryl methyl sites for hydroxylation is 1. The maximum absolute atomic E-state index is 13.3. The second kappa shape index (κ2) is 15.5. The zero-order chi connectivity index (χ0) is 32.6. The summed E-state index contributed by atoms with van der Waals surface area (Å²) in [7, 11) is 0. The number of hydrogen-bond donors (Lipinski definition) is 7. The number of carbonyl (C=O) groups is 1. The van der Waals surface area contributed by atoms with Crippen molar-refractivity contribution >= 4 is 35.1 Å². The molecule has 0 aromatic heterocycles. The Morgan fingerprint density at radius 2 is 1.89 bits per heavy atom. The summed E-state index contributed by atoms with van der Waals surface area (Å²) in [5.74, 6) is 0.0489. The predicted molar refractivity (Wildman–Crippen MR) is 173 cm³/mol. The minimum Gasteiger partial charge on any atom is -0.396 e. The van der Waals surface area contributed by atoms with Crippen LogP contribution in [0.1, 0.15) is 55.3 Å². The van der Waals surface area contributed by atoms with Crippen molar-refractivity contribution in [2.45, 2.75) is 67.7 Å². The maximum atomic E-state index is 13.3. The number of amides is 2. The first-order valence-corrected chi connectivity index (χ1v) is 15.7. The summed E-state index contributed by atoms with van der Waals surface area (Å²) in [5.41, 5.74) is 16.6. The zero-order valence-electron chi connectivity index (χ0n) is 25.1. The number of rotatable bonds is 15. The molecule has 0 saturated carbocycles.